The maximum absolute atomic E-state index is 12.6. The lowest BCUT2D eigenvalue weighted by Gasteiger charge is -2.13. The fourth-order valence-corrected chi connectivity index (χ4v) is 3.20. The Morgan fingerprint density at radius 1 is 1.03 bits per heavy atom. The van der Waals surface area contributed by atoms with Crippen molar-refractivity contribution in [3.63, 3.8) is 0 Å². The smallest absolute Gasteiger partial charge is 0.387 e. The first kappa shape index (κ1) is 21.5. The highest BCUT2D eigenvalue weighted by atomic mass is 19.3. The van der Waals surface area contributed by atoms with Crippen molar-refractivity contribution in [3.05, 3.63) is 72.6 Å². The second-order valence-corrected chi connectivity index (χ2v) is 6.92. The van der Waals surface area contributed by atoms with Gasteiger partial charge in [0.2, 0.25) is 0 Å². The zero-order valence-corrected chi connectivity index (χ0v) is 17.0. The molecule has 2 aromatic heterocycles. The van der Waals surface area contributed by atoms with Gasteiger partial charge in [-0.2, -0.15) is 8.78 Å². The van der Waals surface area contributed by atoms with Gasteiger partial charge in [0.1, 0.15) is 11.6 Å². The molecule has 3 N–H and O–H groups in total. The molecule has 0 saturated carbocycles. The number of nitrogens with zero attached hydrogens (tertiary/aromatic N) is 3. The van der Waals surface area contributed by atoms with E-state index in [4.69, 9.17) is 5.11 Å². The van der Waals surface area contributed by atoms with Gasteiger partial charge >= 0.3 is 6.61 Å². The van der Waals surface area contributed by atoms with Crippen LogP contribution >= 0.6 is 0 Å². The van der Waals surface area contributed by atoms with E-state index >= 15 is 0 Å². The number of benzene rings is 2. The molecule has 9 heteroatoms. The molecule has 0 aliphatic heterocycles. The number of hydrogen-bond donors (Lipinski definition) is 3. The molecule has 2 aromatic carbocycles. The lowest BCUT2D eigenvalue weighted by atomic mass is 10.1. The summed E-state index contributed by atoms with van der Waals surface area (Å²) in [7, 11) is 0. The Kier molecular flexibility index (Phi) is 6.78. The first-order valence-corrected chi connectivity index (χ1v) is 9.97. The summed E-state index contributed by atoms with van der Waals surface area (Å²) in [5.41, 5.74) is 3.00. The number of anilines is 2. The lowest BCUT2D eigenvalue weighted by Crippen LogP contribution is -2.17. The van der Waals surface area contributed by atoms with E-state index in [1.54, 1.807) is 30.6 Å². The van der Waals surface area contributed by atoms with Crippen molar-refractivity contribution in [2.45, 2.75) is 13.2 Å². The minimum atomic E-state index is -2.91. The van der Waals surface area contributed by atoms with Crippen LogP contribution in [0, 0.1) is 0 Å². The molecule has 0 bridgehead atoms. The van der Waals surface area contributed by atoms with Crippen LogP contribution in [-0.2, 0) is 6.54 Å². The van der Waals surface area contributed by atoms with Gasteiger partial charge in [-0.05, 0) is 42.0 Å². The van der Waals surface area contributed by atoms with Gasteiger partial charge < -0.3 is 20.5 Å². The normalized spacial score (nSPS) is 11.1. The molecule has 7 nitrogen and oxygen atoms in total. The number of ether oxygens (including phenoxy) is 1. The molecule has 0 saturated heterocycles. The second kappa shape index (κ2) is 10.1. The largest absolute Gasteiger partial charge is 0.435 e. The van der Waals surface area contributed by atoms with Crippen molar-refractivity contribution in [1.29, 1.82) is 0 Å². The van der Waals surface area contributed by atoms with Crippen LogP contribution in [0.25, 0.3) is 22.3 Å². The van der Waals surface area contributed by atoms with E-state index < -0.39 is 6.61 Å². The molecule has 0 aliphatic rings. The number of hydrogen-bond acceptors (Lipinski definition) is 7. The van der Waals surface area contributed by atoms with Crippen LogP contribution in [0.3, 0.4) is 0 Å². The van der Waals surface area contributed by atoms with Gasteiger partial charge in [-0.15, -0.1) is 0 Å². The maximum atomic E-state index is 12.6. The number of alkyl halides is 2. The number of nitrogens with one attached hydrogen (secondary N) is 2. The molecule has 4 rings (SSSR count). The van der Waals surface area contributed by atoms with Crippen LogP contribution in [0.1, 0.15) is 5.56 Å². The van der Waals surface area contributed by atoms with Crippen LogP contribution in [0.2, 0.25) is 0 Å². The monoisotopic (exact) mass is 437 g/mol. The first-order valence-electron chi connectivity index (χ1n) is 9.97. The molecule has 32 heavy (non-hydrogen) atoms. The summed E-state index contributed by atoms with van der Waals surface area (Å²) in [6.45, 7) is -1.81. The Hall–Kier alpha value is -3.69. The minimum absolute atomic E-state index is 0.0461. The summed E-state index contributed by atoms with van der Waals surface area (Å²) in [6, 6.07) is 15.8. The molecule has 0 atom stereocenters. The quantitative estimate of drug-likeness (QED) is 0.339. The van der Waals surface area contributed by atoms with E-state index in [1.165, 1.54) is 12.1 Å². The first-order chi connectivity index (χ1) is 15.6. The van der Waals surface area contributed by atoms with Crippen LogP contribution in [0.15, 0.2) is 67.0 Å². The molecule has 0 spiro atoms. The third kappa shape index (κ3) is 5.32. The van der Waals surface area contributed by atoms with Crippen molar-refractivity contribution in [3.8, 4) is 17.1 Å². The van der Waals surface area contributed by atoms with Crippen LogP contribution in [0.5, 0.6) is 5.75 Å². The van der Waals surface area contributed by atoms with Crippen LogP contribution in [-0.4, -0.2) is 39.8 Å². The summed E-state index contributed by atoms with van der Waals surface area (Å²) in [4.78, 5) is 13.5. The zero-order chi connectivity index (χ0) is 22.3. The molecule has 164 valence electrons. The summed E-state index contributed by atoms with van der Waals surface area (Å²) in [5.74, 6) is 1.05. The Bertz CT molecular complexity index is 1190. The van der Waals surface area contributed by atoms with Gasteiger partial charge in [0, 0.05) is 48.2 Å². The molecule has 0 radical (unpaired) electrons. The number of aliphatic hydroxyl groups is 1. The van der Waals surface area contributed by atoms with E-state index in [-0.39, 0.29) is 12.4 Å². The predicted molar refractivity (Wildman–Crippen MR) is 118 cm³/mol. The third-order valence-electron chi connectivity index (χ3n) is 4.62. The summed E-state index contributed by atoms with van der Waals surface area (Å²) in [6.07, 6.45) is 3.35. The lowest BCUT2D eigenvalue weighted by molar-refractivity contribution is -0.0498. The van der Waals surface area contributed by atoms with Gasteiger partial charge in [0.25, 0.3) is 0 Å². The van der Waals surface area contributed by atoms with E-state index in [9.17, 15) is 8.78 Å². The number of aromatic nitrogens is 3. The van der Waals surface area contributed by atoms with Gasteiger partial charge in [-0.3, -0.25) is 4.98 Å². The Morgan fingerprint density at radius 3 is 2.72 bits per heavy atom. The van der Waals surface area contributed by atoms with Crippen LogP contribution in [0.4, 0.5) is 20.3 Å². The van der Waals surface area contributed by atoms with E-state index in [1.807, 2.05) is 24.3 Å². The number of fused-ring (bicyclic) bond motifs is 1. The van der Waals surface area contributed by atoms with Crippen molar-refractivity contribution in [2.75, 3.05) is 18.5 Å². The van der Waals surface area contributed by atoms with Gasteiger partial charge in [-0.1, -0.05) is 12.1 Å². The van der Waals surface area contributed by atoms with E-state index in [2.05, 4.69) is 30.3 Å². The third-order valence-corrected chi connectivity index (χ3v) is 4.62. The number of halogens is 2. The average Bonchev–Trinajstić information content (AvgIpc) is 2.80. The Labute approximate surface area is 183 Å². The summed E-state index contributed by atoms with van der Waals surface area (Å²) in [5, 5.41) is 16.1. The average molecular weight is 437 g/mol. The fraction of sp³-hybridized carbons (Fsp3) is 0.174. The van der Waals surface area contributed by atoms with Gasteiger partial charge in [0.05, 0.1) is 12.1 Å². The van der Waals surface area contributed by atoms with Crippen molar-refractivity contribution >= 4 is 22.4 Å². The molecule has 4 aromatic rings. The number of pyridine rings is 1. The molecule has 0 fully saturated rings. The molecular formula is C23H21F2N5O2. The second-order valence-electron chi connectivity index (χ2n) is 6.92. The topological polar surface area (TPSA) is 92.2 Å². The van der Waals surface area contributed by atoms with Gasteiger partial charge in [0.15, 0.2) is 5.82 Å². The number of rotatable bonds is 9. The summed E-state index contributed by atoms with van der Waals surface area (Å²) < 4.78 is 29.7. The van der Waals surface area contributed by atoms with Crippen molar-refractivity contribution in [2.24, 2.45) is 0 Å². The Morgan fingerprint density at radius 2 is 1.94 bits per heavy atom. The maximum Gasteiger partial charge on any atom is 0.387 e. The van der Waals surface area contributed by atoms with Crippen molar-refractivity contribution in [1.82, 2.24) is 20.3 Å². The molecule has 0 amide bonds. The SMILES string of the molecule is OCCNCc1ccc2nc(-c3cccnc3)nc(Nc3cccc(OC(F)F)c3)c2c1. The highest BCUT2D eigenvalue weighted by molar-refractivity contribution is 5.92. The van der Waals surface area contributed by atoms with Gasteiger partial charge in [-0.25, -0.2) is 9.97 Å². The Balaban J connectivity index is 1.75. The predicted octanol–water partition coefficient (Wildman–Crippen LogP) is 4.12. The highest BCUT2D eigenvalue weighted by Gasteiger charge is 2.12. The standard InChI is InChI=1S/C23H21F2N5O2/c24-23(25)32-18-5-1-4-17(12-18)28-22-19-11-15(13-27-9-10-31)6-7-20(19)29-21(30-22)16-3-2-8-26-14-16/h1-8,11-12,14,23,27,31H,9-10,13H2,(H,28,29,30). The highest BCUT2D eigenvalue weighted by Crippen LogP contribution is 2.29. The van der Waals surface area contributed by atoms with Crippen molar-refractivity contribution < 1.29 is 18.6 Å². The van der Waals surface area contributed by atoms with Crippen LogP contribution < -0.4 is 15.4 Å². The fourth-order valence-electron chi connectivity index (χ4n) is 3.20. The number of aliphatic hydroxyl groups excluding tert-OH is 1. The summed E-state index contributed by atoms with van der Waals surface area (Å²) >= 11 is 0. The van der Waals surface area contributed by atoms with E-state index in [0.717, 1.165) is 16.5 Å². The van der Waals surface area contributed by atoms with E-state index in [0.29, 0.717) is 35.9 Å². The minimum Gasteiger partial charge on any atom is -0.435 e. The zero-order valence-electron chi connectivity index (χ0n) is 17.0. The molecular weight excluding hydrogens is 416 g/mol. The molecule has 2 heterocycles. The molecule has 0 aliphatic carbocycles. The molecule has 0 unspecified atom stereocenters.